The number of carboxylic acids is 2. The molecule has 2 atom stereocenters. The first kappa shape index (κ1) is 20.9. The van der Waals surface area contributed by atoms with E-state index in [1.54, 1.807) is 0 Å². The number of aliphatic carboxylic acids is 2. The Morgan fingerprint density at radius 2 is 1.83 bits per heavy atom. The minimum absolute atomic E-state index is 0.135. The molecular weight excluding hydrogens is 400 g/mol. The molecule has 2 aliphatic rings. The molecule has 2 heterocycles. The van der Waals surface area contributed by atoms with Crippen LogP contribution in [0.15, 0.2) is 42.5 Å². The van der Waals surface area contributed by atoms with Crippen molar-refractivity contribution in [3.8, 4) is 11.5 Å². The Morgan fingerprint density at radius 1 is 1.14 bits per heavy atom. The SMILES string of the molecule is CN(C)C[C@H]1C[C@@H]2c3ccccc3Oc3ccc(Cl)cc3N2O1.O=C(O)C(=O)O. The van der Waals surface area contributed by atoms with Crippen LogP contribution in [0.25, 0.3) is 0 Å². The number of ether oxygens (including phenoxy) is 1. The fourth-order valence-corrected chi connectivity index (χ4v) is 3.50. The van der Waals surface area contributed by atoms with Gasteiger partial charge in [0.05, 0.1) is 6.04 Å². The maximum Gasteiger partial charge on any atom is 0.414 e. The number of para-hydroxylation sites is 1. The highest BCUT2D eigenvalue weighted by atomic mass is 35.5. The van der Waals surface area contributed by atoms with E-state index in [0.717, 1.165) is 35.7 Å². The van der Waals surface area contributed by atoms with E-state index in [0.29, 0.717) is 5.02 Å². The third-order valence-corrected chi connectivity index (χ3v) is 4.68. The number of hydrogen-bond acceptors (Lipinski definition) is 6. The molecule has 1 fully saturated rings. The lowest BCUT2D eigenvalue weighted by molar-refractivity contribution is -0.159. The maximum atomic E-state index is 9.10. The van der Waals surface area contributed by atoms with Crippen molar-refractivity contribution in [2.45, 2.75) is 18.6 Å². The quantitative estimate of drug-likeness (QED) is 0.713. The molecule has 154 valence electrons. The van der Waals surface area contributed by atoms with Crippen LogP contribution >= 0.6 is 11.6 Å². The minimum Gasteiger partial charge on any atom is -0.473 e. The Balaban J connectivity index is 0.000000353. The van der Waals surface area contributed by atoms with E-state index in [9.17, 15) is 0 Å². The number of fused-ring (bicyclic) bond motifs is 5. The number of carboxylic acid groups (broad SMARTS) is 2. The lowest BCUT2D eigenvalue weighted by Crippen LogP contribution is -2.27. The highest BCUT2D eigenvalue weighted by Crippen LogP contribution is 2.49. The molecule has 0 aromatic heterocycles. The van der Waals surface area contributed by atoms with Gasteiger partial charge in [-0.3, -0.25) is 4.84 Å². The predicted octanol–water partition coefficient (Wildman–Crippen LogP) is 3.41. The molecule has 0 radical (unpaired) electrons. The summed E-state index contributed by atoms with van der Waals surface area (Å²) in [7, 11) is 4.13. The van der Waals surface area contributed by atoms with Gasteiger partial charge in [-0.25, -0.2) is 14.7 Å². The van der Waals surface area contributed by atoms with Crippen molar-refractivity contribution < 1.29 is 29.4 Å². The van der Waals surface area contributed by atoms with Crippen molar-refractivity contribution in [1.29, 1.82) is 0 Å². The van der Waals surface area contributed by atoms with Crippen molar-refractivity contribution >= 4 is 29.2 Å². The highest BCUT2D eigenvalue weighted by molar-refractivity contribution is 6.31. The molecule has 2 N–H and O–H groups in total. The fourth-order valence-electron chi connectivity index (χ4n) is 3.33. The zero-order valence-corrected chi connectivity index (χ0v) is 16.7. The van der Waals surface area contributed by atoms with Gasteiger partial charge in [0.25, 0.3) is 0 Å². The van der Waals surface area contributed by atoms with Crippen LogP contribution in [0.4, 0.5) is 5.69 Å². The number of nitrogens with zero attached hydrogens (tertiary/aromatic N) is 2. The van der Waals surface area contributed by atoms with Crippen molar-refractivity contribution in [3.05, 3.63) is 53.1 Å². The van der Waals surface area contributed by atoms with E-state index in [4.69, 9.17) is 41.0 Å². The van der Waals surface area contributed by atoms with Crippen molar-refractivity contribution in [1.82, 2.24) is 4.90 Å². The maximum absolute atomic E-state index is 9.10. The van der Waals surface area contributed by atoms with Gasteiger partial charge in [-0.1, -0.05) is 29.8 Å². The summed E-state index contributed by atoms with van der Waals surface area (Å²) in [5.41, 5.74) is 2.04. The largest absolute Gasteiger partial charge is 0.473 e. The molecule has 4 rings (SSSR count). The second-order valence-corrected chi connectivity index (χ2v) is 7.37. The lowest BCUT2D eigenvalue weighted by Gasteiger charge is -2.24. The summed E-state index contributed by atoms with van der Waals surface area (Å²) in [6.07, 6.45) is 1.07. The number of anilines is 1. The monoisotopic (exact) mass is 420 g/mol. The normalized spacial score (nSPS) is 19.1. The summed E-state index contributed by atoms with van der Waals surface area (Å²) in [6.45, 7) is 0.881. The second-order valence-electron chi connectivity index (χ2n) is 6.93. The summed E-state index contributed by atoms with van der Waals surface area (Å²) in [5.74, 6) is -1.99. The topological polar surface area (TPSA) is 99.5 Å². The number of hydrogen-bond donors (Lipinski definition) is 2. The molecule has 2 aliphatic heterocycles. The Kier molecular flexibility index (Phi) is 6.26. The zero-order valence-electron chi connectivity index (χ0n) is 15.9. The molecule has 29 heavy (non-hydrogen) atoms. The van der Waals surface area contributed by atoms with Gasteiger partial charge >= 0.3 is 11.9 Å². The van der Waals surface area contributed by atoms with Crippen molar-refractivity contribution in [2.75, 3.05) is 25.7 Å². The molecule has 9 heteroatoms. The summed E-state index contributed by atoms with van der Waals surface area (Å²) >= 11 is 6.21. The van der Waals surface area contributed by atoms with Crippen LogP contribution < -0.4 is 9.80 Å². The third-order valence-electron chi connectivity index (χ3n) is 4.44. The molecule has 0 spiro atoms. The Bertz CT molecular complexity index is 908. The molecule has 0 aliphatic carbocycles. The standard InChI is InChI=1S/C18H19ClN2O2.C2H2O4/c1-20(2)11-13-10-15-14-5-3-4-6-17(14)22-18-8-7-12(19)9-16(18)21(15)23-13;3-1(4)2(5)6/h3-9,13,15H,10-11H2,1-2H3;(H,3,4)(H,5,6)/t13-,15-;/m1./s1. The van der Waals surface area contributed by atoms with E-state index >= 15 is 0 Å². The van der Waals surface area contributed by atoms with Crippen LogP contribution in [0.5, 0.6) is 11.5 Å². The first-order valence-electron chi connectivity index (χ1n) is 8.89. The molecule has 8 nitrogen and oxygen atoms in total. The first-order chi connectivity index (χ1) is 13.8. The van der Waals surface area contributed by atoms with E-state index in [1.807, 2.05) is 41.5 Å². The van der Waals surface area contributed by atoms with Crippen LogP contribution in [0, 0.1) is 0 Å². The summed E-state index contributed by atoms with van der Waals surface area (Å²) in [5, 5.41) is 17.4. The van der Waals surface area contributed by atoms with Crippen LogP contribution in [-0.2, 0) is 14.4 Å². The van der Waals surface area contributed by atoms with Gasteiger partial charge in [0.2, 0.25) is 0 Å². The Morgan fingerprint density at radius 3 is 2.48 bits per heavy atom. The molecule has 2 aromatic rings. The number of hydroxylamine groups is 1. The fraction of sp³-hybridized carbons (Fsp3) is 0.300. The number of benzene rings is 2. The van der Waals surface area contributed by atoms with Crippen molar-refractivity contribution in [2.24, 2.45) is 0 Å². The number of carbonyl (C=O) groups is 2. The Hall–Kier alpha value is -2.81. The Labute approximate surface area is 172 Å². The van der Waals surface area contributed by atoms with E-state index < -0.39 is 11.9 Å². The molecular formula is C20H21ClN2O6. The number of halogens is 1. The third kappa shape index (κ3) is 4.79. The van der Waals surface area contributed by atoms with Crippen LogP contribution in [0.2, 0.25) is 5.02 Å². The van der Waals surface area contributed by atoms with Crippen molar-refractivity contribution in [3.63, 3.8) is 0 Å². The number of rotatable bonds is 2. The molecule has 0 saturated carbocycles. The summed E-state index contributed by atoms with van der Waals surface area (Å²) in [6, 6.07) is 14.0. The summed E-state index contributed by atoms with van der Waals surface area (Å²) < 4.78 is 6.12. The summed E-state index contributed by atoms with van der Waals surface area (Å²) in [4.78, 5) is 26.6. The first-order valence-corrected chi connectivity index (χ1v) is 9.27. The van der Waals surface area contributed by atoms with Gasteiger partial charge < -0.3 is 19.8 Å². The van der Waals surface area contributed by atoms with Crippen LogP contribution in [-0.4, -0.2) is 53.8 Å². The van der Waals surface area contributed by atoms with Crippen LogP contribution in [0.3, 0.4) is 0 Å². The average molecular weight is 421 g/mol. The van der Waals surface area contributed by atoms with Gasteiger partial charge in [0, 0.05) is 23.6 Å². The van der Waals surface area contributed by atoms with Gasteiger partial charge in [0.1, 0.15) is 17.5 Å². The average Bonchev–Trinajstić information content (AvgIpc) is 3.01. The zero-order chi connectivity index (χ0) is 21.1. The van der Waals surface area contributed by atoms with Gasteiger partial charge in [-0.2, -0.15) is 0 Å². The molecule has 0 bridgehead atoms. The molecule has 1 saturated heterocycles. The minimum atomic E-state index is -1.82. The molecule has 2 aromatic carbocycles. The van der Waals surface area contributed by atoms with Crippen LogP contribution in [0.1, 0.15) is 18.0 Å². The van der Waals surface area contributed by atoms with E-state index in [-0.39, 0.29) is 12.1 Å². The van der Waals surface area contributed by atoms with Gasteiger partial charge in [-0.05, 0) is 38.4 Å². The lowest BCUT2D eigenvalue weighted by atomic mass is 10.0. The predicted molar refractivity (Wildman–Crippen MR) is 107 cm³/mol. The highest BCUT2D eigenvalue weighted by Gasteiger charge is 2.39. The van der Waals surface area contributed by atoms with E-state index in [1.165, 1.54) is 0 Å². The van der Waals surface area contributed by atoms with Gasteiger partial charge in [-0.15, -0.1) is 0 Å². The molecule has 0 unspecified atom stereocenters. The van der Waals surface area contributed by atoms with E-state index in [2.05, 4.69) is 25.1 Å². The second kappa shape index (κ2) is 8.69. The number of likely N-dealkylation sites (N-methyl/N-ethyl adjacent to an activating group) is 1. The smallest absolute Gasteiger partial charge is 0.414 e. The van der Waals surface area contributed by atoms with Gasteiger partial charge in [0.15, 0.2) is 5.75 Å². The molecule has 0 amide bonds.